The zero-order chi connectivity index (χ0) is 15.3. The summed E-state index contributed by atoms with van der Waals surface area (Å²) in [5.41, 5.74) is 0. The molecule has 0 bridgehead atoms. The molecule has 1 unspecified atom stereocenters. The van der Waals surface area contributed by atoms with E-state index in [4.69, 9.17) is 0 Å². The first-order valence-corrected chi connectivity index (χ1v) is 9.04. The summed E-state index contributed by atoms with van der Waals surface area (Å²) in [6, 6.07) is 20.4. The van der Waals surface area contributed by atoms with Crippen LogP contribution in [-0.2, 0) is 0 Å². The standard InChI is InChI=1S/C21H21P/c1-4-21(2,3)22-18-13-11-16-9-8-14-6-5-7-15-10-12-17(18)20(16)19(14)15/h5-13,22H,4H2,1-3H3. The van der Waals surface area contributed by atoms with Crippen LogP contribution in [0.1, 0.15) is 27.2 Å². The number of rotatable bonds is 3. The first-order valence-electron chi connectivity index (χ1n) is 8.04. The van der Waals surface area contributed by atoms with E-state index in [1.165, 1.54) is 44.0 Å². The molecule has 0 aliphatic rings. The summed E-state index contributed by atoms with van der Waals surface area (Å²) < 4.78 is 0. The van der Waals surface area contributed by atoms with Gasteiger partial charge in [0.15, 0.2) is 0 Å². The zero-order valence-electron chi connectivity index (χ0n) is 13.4. The molecule has 0 fully saturated rings. The maximum absolute atomic E-state index is 2.38. The first kappa shape index (κ1) is 14.0. The Kier molecular flexibility index (Phi) is 3.13. The van der Waals surface area contributed by atoms with Gasteiger partial charge in [-0.3, -0.25) is 0 Å². The molecule has 4 rings (SSSR count). The van der Waals surface area contributed by atoms with E-state index in [-0.39, 0.29) is 0 Å². The fourth-order valence-corrected chi connectivity index (χ4v) is 4.71. The van der Waals surface area contributed by atoms with Crippen molar-refractivity contribution in [1.29, 1.82) is 0 Å². The second-order valence-electron chi connectivity index (χ2n) is 6.83. The number of hydrogen-bond acceptors (Lipinski definition) is 0. The molecule has 0 aliphatic heterocycles. The van der Waals surface area contributed by atoms with Gasteiger partial charge in [0.1, 0.15) is 0 Å². The van der Waals surface area contributed by atoms with Gasteiger partial charge in [-0.05, 0) is 49.2 Å². The molecule has 4 aromatic carbocycles. The van der Waals surface area contributed by atoms with Gasteiger partial charge in [0.2, 0.25) is 0 Å². The summed E-state index contributed by atoms with van der Waals surface area (Å²) in [4.78, 5) is 0. The van der Waals surface area contributed by atoms with Crippen LogP contribution in [0.3, 0.4) is 0 Å². The molecule has 0 radical (unpaired) electrons. The molecule has 0 aliphatic carbocycles. The van der Waals surface area contributed by atoms with Gasteiger partial charge in [-0.25, -0.2) is 0 Å². The normalized spacial score (nSPS) is 13.2. The molecule has 0 saturated carbocycles. The van der Waals surface area contributed by atoms with Crippen molar-refractivity contribution in [2.45, 2.75) is 32.3 Å². The van der Waals surface area contributed by atoms with E-state index in [2.05, 4.69) is 75.4 Å². The van der Waals surface area contributed by atoms with E-state index in [1.807, 2.05) is 0 Å². The highest BCUT2D eigenvalue weighted by Crippen LogP contribution is 2.39. The molecule has 0 aromatic heterocycles. The lowest BCUT2D eigenvalue weighted by atomic mass is 9.94. The van der Waals surface area contributed by atoms with Crippen molar-refractivity contribution in [3.05, 3.63) is 54.6 Å². The highest BCUT2D eigenvalue weighted by atomic mass is 31.1. The molecular formula is C21H21P. The Morgan fingerprint density at radius 1 is 0.773 bits per heavy atom. The van der Waals surface area contributed by atoms with Crippen molar-refractivity contribution in [3.8, 4) is 0 Å². The monoisotopic (exact) mass is 304 g/mol. The third-order valence-electron chi connectivity index (χ3n) is 4.89. The Bertz CT molecular complexity index is 950. The summed E-state index contributed by atoms with van der Waals surface area (Å²) >= 11 is 0. The van der Waals surface area contributed by atoms with Crippen molar-refractivity contribution in [1.82, 2.24) is 0 Å². The molecule has 0 heterocycles. The van der Waals surface area contributed by atoms with Crippen LogP contribution in [0.4, 0.5) is 0 Å². The summed E-state index contributed by atoms with van der Waals surface area (Å²) in [5, 5.41) is 10.3. The van der Waals surface area contributed by atoms with Crippen LogP contribution in [0.2, 0.25) is 0 Å². The first-order chi connectivity index (χ1) is 10.6. The fraction of sp³-hybridized carbons (Fsp3) is 0.238. The van der Waals surface area contributed by atoms with E-state index in [0.29, 0.717) is 5.16 Å². The van der Waals surface area contributed by atoms with E-state index in [0.717, 1.165) is 8.58 Å². The maximum atomic E-state index is 2.38. The molecule has 22 heavy (non-hydrogen) atoms. The third-order valence-corrected chi connectivity index (χ3v) is 6.62. The van der Waals surface area contributed by atoms with E-state index >= 15 is 0 Å². The molecule has 0 amide bonds. The van der Waals surface area contributed by atoms with E-state index in [1.54, 1.807) is 0 Å². The molecule has 0 N–H and O–H groups in total. The van der Waals surface area contributed by atoms with Crippen molar-refractivity contribution in [2.24, 2.45) is 0 Å². The maximum Gasteiger partial charge on any atom is -0.00205 e. The van der Waals surface area contributed by atoms with Crippen LogP contribution in [0.5, 0.6) is 0 Å². The minimum atomic E-state index is 0.378. The fourth-order valence-electron chi connectivity index (χ4n) is 3.30. The molecule has 1 heteroatoms. The topological polar surface area (TPSA) is 0 Å². The van der Waals surface area contributed by atoms with Gasteiger partial charge >= 0.3 is 0 Å². The average molecular weight is 304 g/mol. The highest BCUT2D eigenvalue weighted by molar-refractivity contribution is 7.49. The zero-order valence-corrected chi connectivity index (χ0v) is 14.4. The number of hydrogen-bond donors (Lipinski definition) is 0. The SMILES string of the molecule is CCC(C)(C)Pc1ccc2ccc3cccc4ccc1c2c34. The summed E-state index contributed by atoms with van der Waals surface area (Å²) in [6.45, 7) is 7.05. The number of benzene rings is 4. The van der Waals surface area contributed by atoms with E-state index < -0.39 is 0 Å². The van der Waals surface area contributed by atoms with Crippen LogP contribution in [-0.4, -0.2) is 5.16 Å². The lowest BCUT2D eigenvalue weighted by Gasteiger charge is -2.24. The van der Waals surface area contributed by atoms with Gasteiger partial charge in [0, 0.05) is 0 Å². The molecule has 0 nitrogen and oxygen atoms in total. The van der Waals surface area contributed by atoms with Crippen LogP contribution in [0.25, 0.3) is 32.3 Å². The molecule has 110 valence electrons. The largest absolute Gasteiger partial charge is 0.0839 e. The van der Waals surface area contributed by atoms with Crippen molar-refractivity contribution >= 4 is 46.2 Å². The summed E-state index contributed by atoms with van der Waals surface area (Å²) in [5.74, 6) is 0. The molecule has 0 saturated heterocycles. The van der Waals surface area contributed by atoms with Crippen LogP contribution in [0, 0.1) is 0 Å². The minimum absolute atomic E-state index is 0.378. The van der Waals surface area contributed by atoms with Crippen molar-refractivity contribution in [3.63, 3.8) is 0 Å². The van der Waals surface area contributed by atoms with Crippen molar-refractivity contribution in [2.75, 3.05) is 0 Å². The van der Waals surface area contributed by atoms with Crippen LogP contribution >= 0.6 is 8.58 Å². The molecule has 4 aromatic rings. The Hall–Kier alpha value is -1.65. The highest BCUT2D eigenvalue weighted by Gasteiger charge is 2.18. The lowest BCUT2D eigenvalue weighted by molar-refractivity contribution is 0.681. The Morgan fingerprint density at radius 2 is 1.36 bits per heavy atom. The van der Waals surface area contributed by atoms with Crippen LogP contribution in [0.15, 0.2) is 54.6 Å². The molecule has 1 atom stereocenters. The predicted octanol–water partition coefficient (Wildman–Crippen LogP) is 6.08. The van der Waals surface area contributed by atoms with Gasteiger partial charge in [-0.1, -0.05) is 83.9 Å². The smallest absolute Gasteiger partial charge is 0.00205 e. The quantitative estimate of drug-likeness (QED) is 0.318. The molecular weight excluding hydrogens is 283 g/mol. The van der Waals surface area contributed by atoms with Gasteiger partial charge in [0.25, 0.3) is 0 Å². The van der Waals surface area contributed by atoms with Crippen LogP contribution < -0.4 is 5.30 Å². The summed E-state index contributed by atoms with van der Waals surface area (Å²) in [7, 11) is 0.849. The predicted molar refractivity (Wildman–Crippen MR) is 102 cm³/mol. The average Bonchev–Trinajstić information content (AvgIpc) is 2.54. The Labute approximate surface area is 133 Å². The second kappa shape index (κ2) is 4.93. The third kappa shape index (κ3) is 2.09. The lowest BCUT2D eigenvalue weighted by Crippen LogP contribution is -2.15. The van der Waals surface area contributed by atoms with E-state index in [9.17, 15) is 0 Å². The van der Waals surface area contributed by atoms with Crippen molar-refractivity contribution < 1.29 is 0 Å². The molecule has 0 spiro atoms. The summed E-state index contributed by atoms with van der Waals surface area (Å²) in [6.07, 6.45) is 1.22. The van der Waals surface area contributed by atoms with Gasteiger partial charge in [0.05, 0.1) is 0 Å². The Balaban J connectivity index is 2.08. The van der Waals surface area contributed by atoms with Gasteiger partial charge in [-0.15, -0.1) is 0 Å². The second-order valence-corrected chi connectivity index (χ2v) is 8.97. The van der Waals surface area contributed by atoms with Gasteiger partial charge in [-0.2, -0.15) is 0 Å². The minimum Gasteiger partial charge on any atom is -0.0839 e. The van der Waals surface area contributed by atoms with Gasteiger partial charge < -0.3 is 0 Å². The Morgan fingerprint density at radius 3 is 2.05 bits per heavy atom.